The minimum atomic E-state index is -1.71. The van der Waals surface area contributed by atoms with Crippen molar-refractivity contribution in [3.8, 4) is 0 Å². The van der Waals surface area contributed by atoms with E-state index in [9.17, 15) is 57.5 Å². The van der Waals surface area contributed by atoms with Crippen LogP contribution < -0.4 is 58.5 Å². The number of ether oxygens (including phenoxy) is 2. The minimum absolute atomic E-state index is 0.00300. The molecule has 0 aliphatic carbocycles. The lowest BCUT2D eigenvalue weighted by Gasteiger charge is -2.32. The first-order chi connectivity index (χ1) is 46.6. The molecule has 101 heavy (non-hydrogen) atoms. The highest BCUT2D eigenvalue weighted by Crippen LogP contribution is 2.19. The van der Waals surface area contributed by atoms with Crippen molar-refractivity contribution >= 4 is 71.1 Å². The number of nitrogens with one attached hydrogen (secondary N) is 11. The van der Waals surface area contributed by atoms with Crippen LogP contribution in [0.4, 0.5) is 4.79 Å². The van der Waals surface area contributed by atoms with Gasteiger partial charge in [0, 0.05) is 0 Å². The number of hydrogen-bond acceptors (Lipinski definition) is 14. The molecule has 0 saturated heterocycles. The van der Waals surface area contributed by atoms with E-state index in [4.69, 9.17) is 9.47 Å². The molecule has 0 unspecified atom stereocenters. The number of rotatable bonds is 44. The largest absolute Gasteiger partial charge is 0.459 e. The molecule has 11 N–H and O–H groups in total. The zero-order valence-corrected chi connectivity index (χ0v) is 65.9. The van der Waals surface area contributed by atoms with Crippen LogP contribution >= 0.6 is 0 Å². The molecular weight excluding hydrogens is 1290 g/mol. The molecule has 0 aromatic heterocycles. The van der Waals surface area contributed by atoms with E-state index in [0.29, 0.717) is 0 Å². The lowest BCUT2D eigenvalue weighted by atomic mass is 9.96. The number of benzene rings is 1. The van der Waals surface area contributed by atoms with Gasteiger partial charge in [0.25, 0.3) is 0 Å². The first kappa shape index (κ1) is 91.7. The quantitative estimate of drug-likeness (QED) is 0.0274. The highest BCUT2D eigenvalue weighted by Gasteiger charge is 2.40. The highest BCUT2D eigenvalue weighted by atomic mass is 16.6. The van der Waals surface area contributed by atoms with Gasteiger partial charge in [-0.2, -0.15) is 0 Å². The van der Waals surface area contributed by atoms with Crippen molar-refractivity contribution in [2.24, 2.45) is 59.2 Å². The summed E-state index contributed by atoms with van der Waals surface area (Å²) in [5, 5.41) is 30.9. The molecule has 1 aromatic rings. The SMILES string of the molecule is CC(C)C[C@H](NC(=O)OC(C)(C)C)C(=O)N[C@@H](CC(C)C)C(=O)N[C@@H](CC(C)C)C(=O)N[C@@H](CC(C)C)C(=O)NC(C)(C)C(=O)N[C@@H](CC(C)C)C(=O)N[C@@H](CC(C)C)C(=O)N[C@@H](CC(C)C)C(=O)N[C@@H](CC(C)C)C(=O)N[C@@H](CC(C)C)C(=O)N[C@@H](CC(C)C)C(=O)OCc1ccccc1. The third kappa shape index (κ3) is 38.0. The third-order valence-corrected chi connectivity index (χ3v) is 16.0. The molecule has 576 valence electrons. The predicted octanol–water partition coefficient (Wildman–Crippen LogP) is 8.34. The van der Waals surface area contributed by atoms with Crippen LogP contribution in [0.3, 0.4) is 0 Å². The zero-order valence-electron chi connectivity index (χ0n) is 65.9. The van der Waals surface area contributed by atoms with Crippen LogP contribution in [-0.4, -0.2) is 143 Å². The fraction of sp³-hybridized carbons (Fsp3) is 0.763. The maximum absolute atomic E-state index is 14.6. The molecule has 0 heterocycles. The molecule has 1 aromatic carbocycles. The zero-order chi connectivity index (χ0) is 77.6. The molecule has 10 atom stereocenters. The molecule has 0 fully saturated rings. The number of alkyl carbamates (subject to hydrolysis) is 1. The van der Waals surface area contributed by atoms with E-state index >= 15 is 0 Å². The van der Waals surface area contributed by atoms with E-state index in [1.54, 1.807) is 20.8 Å². The summed E-state index contributed by atoms with van der Waals surface area (Å²) in [6.07, 6.45) is 0.897. The van der Waals surface area contributed by atoms with Gasteiger partial charge in [-0.25, -0.2) is 9.59 Å². The minimum Gasteiger partial charge on any atom is -0.459 e. The Morgan fingerprint density at radius 1 is 0.297 bits per heavy atom. The van der Waals surface area contributed by atoms with Crippen molar-refractivity contribution < 1.29 is 67.0 Å². The van der Waals surface area contributed by atoms with E-state index in [-0.39, 0.29) is 130 Å². The summed E-state index contributed by atoms with van der Waals surface area (Å²) in [6, 6.07) is -2.31. The first-order valence-corrected chi connectivity index (χ1v) is 36.9. The average Bonchev–Trinajstić information content (AvgIpc) is 0.835. The first-order valence-electron chi connectivity index (χ1n) is 36.9. The van der Waals surface area contributed by atoms with Gasteiger partial charge in [0.1, 0.15) is 78.2 Å². The Labute approximate surface area is 604 Å². The molecule has 0 saturated carbocycles. The van der Waals surface area contributed by atoms with Crippen molar-refractivity contribution in [2.45, 2.75) is 315 Å². The smallest absolute Gasteiger partial charge is 0.408 e. The monoisotopic (exact) mass is 1420 g/mol. The molecule has 0 aliphatic rings. The Morgan fingerprint density at radius 3 is 0.762 bits per heavy atom. The topological polar surface area (TPSA) is 356 Å². The number of carbonyl (C=O) groups excluding carboxylic acids is 12. The van der Waals surface area contributed by atoms with Crippen LogP contribution in [0.1, 0.15) is 243 Å². The lowest BCUT2D eigenvalue weighted by molar-refractivity contribution is -0.150. The van der Waals surface area contributed by atoms with Crippen LogP contribution in [-0.2, 0) is 68.8 Å². The van der Waals surface area contributed by atoms with Gasteiger partial charge < -0.3 is 68.0 Å². The van der Waals surface area contributed by atoms with Crippen molar-refractivity contribution in [2.75, 3.05) is 0 Å². The Bertz CT molecular complexity index is 2810. The summed E-state index contributed by atoms with van der Waals surface area (Å²) in [7, 11) is 0. The summed E-state index contributed by atoms with van der Waals surface area (Å²) in [4.78, 5) is 170. The van der Waals surface area contributed by atoms with Gasteiger partial charge in [0.05, 0.1) is 0 Å². The van der Waals surface area contributed by atoms with Crippen LogP contribution in [0.5, 0.6) is 0 Å². The predicted molar refractivity (Wildman–Crippen MR) is 394 cm³/mol. The highest BCUT2D eigenvalue weighted by molar-refractivity contribution is 6.00. The van der Waals surface area contributed by atoms with Crippen LogP contribution in [0.2, 0.25) is 0 Å². The van der Waals surface area contributed by atoms with Crippen molar-refractivity contribution in [3.63, 3.8) is 0 Å². The van der Waals surface area contributed by atoms with Gasteiger partial charge >= 0.3 is 12.1 Å². The summed E-state index contributed by atoms with van der Waals surface area (Å²) < 4.78 is 11.1. The second-order valence-corrected chi connectivity index (χ2v) is 33.2. The van der Waals surface area contributed by atoms with E-state index in [1.807, 2.05) is 169 Å². The van der Waals surface area contributed by atoms with E-state index in [2.05, 4.69) is 58.5 Å². The maximum Gasteiger partial charge on any atom is 0.408 e. The number of hydrogen-bond donors (Lipinski definition) is 11. The summed E-state index contributed by atoms with van der Waals surface area (Å²) in [5.41, 5.74) is -1.76. The molecule has 0 aliphatic heterocycles. The molecular formula is C76H133N11O14. The molecule has 0 radical (unpaired) electrons. The van der Waals surface area contributed by atoms with Gasteiger partial charge in [-0.05, 0) is 164 Å². The normalized spacial score (nSPS) is 15.0. The van der Waals surface area contributed by atoms with E-state index in [1.165, 1.54) is 13.8 Å². The second-order valence-electron chi connectivity index (χ2n) is 33.2. The summed E-state index contributed by atoms with van der Waals surface area (Å²) >= 11 is 0. The molecule has 0 bridgehead atoms. The molecule has 0 spiro atoms. The lowest BCUT2D eigenvalue weighted by Crippen LogP contribution is -2.63. The Morgan fingerprint density at radius 2 is 0.515 bits per heavy atom. The van der Waals surface area contributed by atoms with Gasteiger partial charge in [0.2, 0.25) is 59.1 Å². The van der Waals surface area contributed by atoms with E-state index < -0.39 is 143 Å². The van der Waals surface area contributed by atoms with Gasteiger partial charge in [0.15, 0.2) is 0 Å². The molecule has 11 amide bonds. The van der Waals surface area contributed by atoms with Crippen molar-refractivity contribution in [1.82, 2.24) is 58.5 Å². The summed E-state index contributed by atoms with van der Waals surface area (Å²) in [6.45, 7) is 45.4. The van der Waals surface area contributed by atoms with Gasteiger partial charge in [-0.1, -0.05) is 169 Å². The fourth-order valence-corrected chi connectivity index (χ4v) is 11.3. The number of carbonyl (C=O) groups is 12. The second kappa shape index (κ2) is 44.2. The standard InChI is InChI=1S/C76H133N11O14/c1-42(2)31-53(63(88)77-54(32-43(3)4)64(89)80-58(36-47(11)12)68(93)84-62(40-51(19)20)72(97)100-41-52-29-27-26-28-30-52)78-65(90)55(33-44(5)6)81-69(94)59(37-48(13)14)85-73(98)76(24,25)87-71(96)61(39-50(17)18)83-67(92)57(35-46(9)10)79-66(91)56(34-45(7)8)82-70(95)60(38-49(15)16)86-74(99)101-75(21,22)23/h26-30,42-51,53-62H,31-41H2,1-25H3,(H,77,88)(H,78,90)(H,79,91)(H,80,89)(H,81,94)(H,82,95)(H,83,92)(H,84,93)(H,85,98)(H,86,99)(H,87,96)/t53-,54-,55-,56-,57-,58-,59-,60-,61-,62-/m0/s1. The molecule has 25 heteroatoms. The number of esters is 1. The van der Waals surface area contributed by atoms with Crippen LogP contribution in [0, 0.1) is 59.2 Å². The maximum atomic E-state index is 14.6. The average molecular weight is 1420 g/mol. The van der Waals surface area contributed by atoms with Crippen molar-refractivity contribution in [1.29, 1.82) is 0 Å². The Kier molecular flexibility index (Phi) is 40.1. The van der Waals surface area contributed by atoms with Gasteiger partial charge in [-0.3, -0.25) is 47.9 Å². The Hall–Kier alpha value is -7.34. The Balaban J connectivity index is 3.52. The fourth-order valence-electron chi connectivity index (χ4n) is 11.3. The summed E-state index contributed by atoms with van der Waals surface area (Å²) in [5.74, 6) is -8.45. The van der Waals surface area contributed by atoms with Gasteiger partial charge in [-0.15, -0.1) is 0 Å². The van der Waals surface area contributed by atoms with Crippen LogP contribution in [0.25, 0.3) is 0 Å². The number of amides is 11. The van der Waals surface area contributed by atoms with Crippen molar-refractivity contribution in [3.05, 3.63) is 35.9 Å². The molecule has 25 nitrogen and oxygen atoms in total. The van der Waals surface area contributed by atoms with Crippen LogP contribution in [0.15, 0.2) is 30.3 Å². The molecule has 1 rings (SSSR count). The third-order valence-electron chi connectivity index (χ3n) is 16.0. The van der Waals surface area contributed by atoms with E-state index in [0.717, 1.165) is 5.56 Å².